The van der Waals surface area contributed by atoms with Crippen molar-refractivity contribution in [2.24, 2.45) is 0 Å². The van der Waals surface area contributed by atoms with Crippen LogP contribution in [0.2, 0.25) is 0 Å². The zero-order valence-electron chi connectivity index (χ0n) is 21.6. The molecule has 13 heteroatoms. The molecule has 2 aromatic heterocycles. The van der Waals surface area contributed by atoms with Crippen LogP contribution in [-0.2, 0) is 40.0 Å². The van der Waals surface area contributed by atoms with Gasteiger partial charge in [0.05, 0.1) is 36.3 Å². The molecule has 10 nitrogen and oxygen atoms in total. The van der Waals surface area contributed by atoms with E-state index in [4.69, 9.17) is 9.47 Å². The molecular formula is C26H33F3N6O4. The highest BCUT2D eigenvalue weighted by atomic mass is 19.4. The maximum absolute atomic E-state index is 13.2. The molecule has 0 aromatic carbocycles. The molecular weight excluding hydrogens is 517 g/mol. The predicted octanol–water partition coefficient (Wildman–Crippen LogP) is 1.46. The predicted molar refractivity (Wildman–Crippen MR) is 133 cm³/mol. The molecule has 1 aliphatic carbocycles. The zero-order chi connectivity index (χ0) is 27.1. The molecule has 3 aliphatic heterocycles. The molecule has 0 saturated carbocycles. The third kappa shape index (κ3) is 5.63. The minimum atomic E-state index is -4.60. The van der Waals surface area contributed by atoms with Crippen LogP contribution in [0.1, 0.15) is 48.0 Å². The Balaban J connectivity index is 1.12. The fraction of sp³-hybridized carbons (Fsp3) is 0.654. The van der Waals surface area contributed by atoms with Gasteiger partial charge in [0.1, 0.15) is 6.10 Å². The van der Waals surface area contributed by atoms with Crippen molar-refractivity contribution < 1.29 is 27.4 Å². The molecule has 212 valence electrons. The molecule has 1 amide bonds. The lowest BCUT2D eigenvalue weighted by Crippen LogP contribution is -2.49. The highest BCUT2D eigenvalue weighted by Crippen LogP contribution is 2.35. The van der Waals surface area contributed by atoms with Crippen LogP contribution in [0.4, 0.5) is 13.2 Å². The average molecular weight is 551 g/mol. The Labute approximate surface area is 223 Å². The lowest BCUT2D eigenvalue weighted by Gasteiger charge is -2.31. The molecule has 0 spiro atoms. The Hall–Kier alpha value is -2.74. The van der Waals surface area contributed by atoms with Crippen molar-refractivity contribution in [1.29, 1.82) is 0 Å². The van der Waals surface area contributed by atoms with Gasteiger partial charge >= 0.3 is 6.18 Å². The van der Waals surface area contributed by atoms with E-state index in [-0.39, 0.29) is 49.5 Å². The highest BCUT2D eigenvalue weighted by molar-refractivity contribution is 5.78. The van der Waals surface area contributed by atoms with E-state index in [1.54, 1.807) is 11.2 Å². The second-order valence-corrected chi connectivity index (χ2v) is 10.9. The van der Waals surface area contributed by atoms with Gasteiger partial charge in [-0.3, -0.25) is 19.4 Å². The molecule has 39 heavy (non-hydrogen) atoms. The van der Waals surface area contributed by atoms with E-state index in [1.165, 1.54) is 4.57 Å². The van der Waals surface area contributed by atoms with Crippen molar-refractivity contribution in [2.75, 3.05) is 39.4 Å². The van der Waals surface area contributed by atoms with E-state index in [1.807, 2.05) is 0 Å². The molecule has 0 radical (unpaired) electrons. The summed E-state index contributed by atoms with van der Waals surface area (Å²) in [5.74, 6) is -0.211. The third-order valence-corrected chi connectivity index (χ3v) is 8.33. The molecule has 2 unspecified atom stereocenters. The number of rotatable bonds is 6. The van der Waals surface area contributed by atoms with Crippen molar-refractivity contribution in [2.45, 2.75) is 69.2 Å². The zero-order valence-corrected chi connectivity index (χ0v) is 21.6. The van der Waals surface area contributed by atoms with Gasteiger partial charge in [-0.25, -0.2) is 4.98 Å². The molecule has 4 aliphatic rings. The van der Waals surface area contributed by atoms with Gasteiger partial charge in [0, 0.05) is 69.4 Å². The number of H-pyrrole nitrogens is 1. The van der Waals surface area contributed by atoms with Crippen LogP contribution in [-0.4, -0.2) is 87.8 Å². The van der Waals surface area contributed by atoms with Crippen LogP contribution in [0, 0.1) is 0 Å². The number of imidazole rings is 1. The van der Waals surface area contributed by atoms with E-state index >= 15 is 0 Å². The first kappa shape index (κ1) is 26.5. The van der Waals surface area contributed by atoms with E-state index in [2.05, 4.69) is 20.2 Å². The van der Waals surface area contributed by atoms with Gasteiger partial charge in [-0.05, 0) is 31.7 Å². The topological polar surface area (TPSA) is 105 Å². The molecule has 0 bridgehead atoms. The Kier molecular flexibility index (Phi) is 7.25. The molecule has 2 N–H and O–H groups in total. The minimum absolute atomic E-state index is 0.0257. The van der Waals surface area contributed by atoms with Crippen molar-refractivity contribution in [1.82, 2.24) is 29.7 Å². The number of likely N-dealkylation sites (tertiary alicyclic amines) is 1. The first-order valence-corrected chi connectivity index (χ1v) is 13.6. The van der Waals surface area contributed by atoms with E-state index in [9.17, 15) is 22.8 Å². The van der Waals surface area contributed by atoms with Gasteiger partial charge in [0.15, 0.2) is 0 Å². The lowest BCUT2D eigenvalue weighted by molar-refractivity contribution is -0.138. The summed E-state index contributed by atoms with van der Waals surface area (Å²) in [4.78, 5) is 37.2. The van der Waals surface area contributed by atoms with E-state index in [0.29, 0.717) is 31.7 Å². The summed E-state index contributed by atoms with van der Waals surface area (Å²) in [7, 11) is 0. The Bertz CT molecular complexity index is 1260. The number of amides is 1. The molecule has 2 saturated heterocycles. The standard InChI is InChI=1S/C26H33F3N6O4/c27-26(28,29)16-9-18-11-33(5-6-35(18)24(37)10-16)14-23(36)32-20-12-34(17-3-7-38-8-4-17)13-22(20)39-21-2-1-19-25(21)31-15-30-19/h9-10,15,17,20-22H,1-8,11-14H2,(H,30,31)(H,32,36)/t20?,21?,22-/m0/s1. The number of ether oxygens (including phenoxy) is 2. The molecule has 2 aromatic rings. The summed E-state index contributed by atoms with van der Waals surface area (Å²) < 4.78 is 53.1. The number of aryl methyl sites for hydroxylation is 1. The second-order valence-electron chi connectivity index (χ2n) is 10.9. The number of aromatic amines is 1. The fourth-order valence-corrected chi connectivity index (χ4v) is 6.33. The van der Waals surface area contributed by atoms with Gasteiger partial charge < -0.3 is 24.3 Å². The number of alkyl halides is 3. The average Bonchev–Trinajstić information content (AvgIpc) is 3.62. The van der Waals surface area contributed by atoms with Crippen LogP contribution in [0.3, 0.4) is 0 Å². The van der Waals surface area contributed by atoms with Crippen LogP contribution >= 0.6 is 0 Å². The molecule has 3 atom stereocenters. The monoisotopic (exact) mass is 550 g/mol. The van der Waals surface area contributed by atoms with Gasteiger partial charge in [-0.1, -0.05) is 0 Å². The quantitative estimate of drug-likeness (QED) is 0.561. The van der Waals surface area contributed by atoms with Crippen LogP contribution in [0.25, 0.3) is 0 Å². The first-order valence-electron chi connectivity index (χ1n) is 13.6. The number of nitrogens with zero attached hydrogens (tertiary/aromatic N) is 4. The Morgan fingerprint density at radius 3 is 2.79 bits per heavy atom. The number of pyridine rings is 1. The van der Waals surface area contributed by atoms with Crippen LogP contribution in [0.5, 0.6) is 0 Å². The number of nitrogens with one attached hydrogen (secondary N) is 2. The Morgan fingerprint density at radius 2 is 2.00 bits per heavy atom. The highest BCUT2D eigenvalue weighted by Gasteiger charge is 2.41. The van der Waals surface area contributed by atoms with Gasteiger partial charge in [0.25, 0.3) is 5.56 Å². The number of carbonyl (C=O) groups is 1. The van der Waals surface area contributed by atoms with Gasteiger partial charge in [0.2, 0.25) is 5.91 Å². The number of aromatic nitrogens is 3. The number of hydrogen-bond donors (Lipinski definition) is 2. The lowest BCUT2D eigenvalue weighted by atomic mass is 10.1. The normalized spacial score (nSPS) is 26.5. The van der Waals surface area contributed by atoms with Gasteiger partial charge in [-0.15, -0.1) is 0 Å². The largest absolute Gasteiger partial charge is 0.416 e. The summed E-state index contributed by atoms with van der Waals surface area (Å²) in [6.07, 6.45) is 0.353. The van der Waals surface area contributed by atoms with Crippen molar-refractivity contribution in [3.05, 3.63) is 51.5 Å². The maximum Gasteiger partial charge on any atom is 0.416 e. The smallest absolute Gasteiger partial charge is 0.381 e. The number of halogens is 3. The second kappa shape index (κ2) is 10.7. The maximum atomic E-state index is 13.2. The number of fused-ring (bicyclic) bond motifs is 2. The summed E-state index contributed by atoms with van der Waals surface area (Å²) in [5.41, 5.74) is 0.659. The van der Waals surface area contributed by atoms with Crippen molar-refractivity contribution in [3.63, 3.8) is 0 Å². The third-order valence-electron chi connectivity index (χ3n) is 8.33. The number of hydrogen-bond acceptors (Lipinski definition) is 7. The number of carbonyl (C=O) groups excluding carboxylic acids is 1. The van der Waals surface area contributed by atoms with Gasteiger partial charge in [-0.2, -0.15) is 13.2 Å². The summed E-state index contributed by atoms with van der Waals surface area (Å²) in [6.45, 7) is 3.55. The fourth-order valence-electron chi connectivity index (χ4n) is 6.33. The Morgan fingerprint density at radius 1 is 1.18 bits per heavy atom. The van der Waals surface area contributed by atoms with Crippen molar-refractivity contribution in [3.8, 4) is 0 Å². The first-order chi connectivity index (χ1) is 18.7. The summed E-state index contributed by atoms with van der Waals surface area (Å²) in [5, 5.41) is 3.15. The molecule has 2 fully saturated rings. The van der Waals surface area contributed by atoms with E-state index < -0.39 is 17.3 Å². The van der Waals surface area contributed by atoms with Crippen LogP contribution < -0.4 is 10.9 Å². The molecule has 5 heterocycles. The van der Waals surface area contributed by atoms with Crippen molar-refractivity contribution >= 4 is 5.91 Å². The minimum Gasteiger partial charge on any atom is -0.381 e. The summed E-state index contributed by atoms with van der Waals surface area (Å²) in [6, 6.07) is 1.78. The molecule has 6 rings (SSSR count). The van der Waals surface area contributed by atoms with E-state index in [0.717, 1.165) is 56.4 Å². The van der Waals surface area contributed by atoms with Crippen LogP contribution in [0.15, 0.2) is 23.3 Å². The summed E-state index contributed by atoms with van der Waals surface area (Å²) >= 11 is 0. The SMILES string of the molecule is O=C(CN1CCn2c(cc(C(F)(F)F)cc2=O)C1)NC1CN(C2CCOCC2)C[C@@H]1OC1CCc2[nH]cnc21.